The summed E-state index contributed by atoms with van der Waals surface area (Å²) < 4.78 is 5.38. The van der Waals surface area contributed by atoms with Crippen molar-refractivity contribution >= 4 is 6.09 Å². The lowest BCUT2D eigenvalue weighted by molar-refractivity contribution is -0.0127. The number of aliphatic hydroxyl groups excluding tert-OH is 1. The molecule has 4 heteroatoms. The number of amides is 1. The number of carbonyl (C=O) groups excluding carboxylic acids is 1. The van der Waals surface area contributed by atoms with Crippen LogP contribution in [-0.4, -0.2) is 34.8 Å². The fourth-order valence-electron chi connectivity index (χ4n) is 2.79. The Morgan fingerprint density at radius 1 is 1.48 bits per heavy atom. The van der Waals surface area contributed by atoms with E-state index in [0.717, 1.165) is 5.56 Å². The Morgan fingerprint density at radius 3 is 2.86 bits per heavy atom. The van der Waals surface area contributed by atoms with Gasteiger partial charge in [-0.2, -0.15) is 0 Å². The van der Waals surface area contributed by atoms with Crippen molar-refractivity contribution < 1.29 is 14.6 Å². The van der Waals surface area contributed by atoms with Crippen LogP contribution in [0.2, 0.25) is 0 Å². The predicted molar refractivity (Wildman–Crippen MR) is 81.7 cm³/mol. The number of benzene rings is 1. The number of likely N-dealkylation sites (tertiary alicyclic amines) is 1. The minimum Gasteiger partial charge on any atom is -0.445 e. The number of hydrogen-bond acceptors (Lipinski definition) is 3. The molecule has 0 aliphatic carbocycles. The molecule has 3 atom stereocenters. The van der Waals surface area contributed by atoms with Crippen LogP contribution in [0.5, 0.6) is 0 Å². The molecule has 0 saturated carbocycles. The average Bonchev–Trinajstić information content (AvgIpc) is 2.48. The monoisotopic (exact) mass is 289 g/mol. The lowest BCUT2D eigenvalue weighted by atomic mass is 9.90. The first-order valence-electron chi connectivity index (χ1n) is 7.38. The van der Waals surface area contributed by atoms with Crippen LogP contribution in [-0.2, 0) is 11.3 Å². The van der Waals surface area contributed by atoms with Gasteiger partial charge in [0, 0.05) is 6.54 Å². The number of piperidine rings is 1. The number of aliphatic hydroxyl groups is 1. The fourth-order valence-corrected chi connectivity index (χ4v) is 2.79. The van der Waals surface area contributed by atoms with E-state index in [1.165, 1.54) is 0 Å². The molecule has 4 nitrogen and oxygen atoms in total. The Morgan fingerprint density at radius 2 is 2.19 bits per heavy atom. The molecule has 0 radical (unpaired) electrons. The minimum absolute atomic E-state index is 0.234. The first-order valence-corrected chi connectivity index (χ1v) is 7.38. The smallest absolute Gasteiger partial charge is 0.410 e. The van der Waals surface area contributed by atoms with Gasteiger partial charge >= 0.3 is 6.09 Å². The van der Waals surface area contributed by atoms with Crippen LogP contribution in [0.3, 0.4) is 0 Å². The highest BCUT2D eigenvalue weighted by Crippen LogP contribution is 2.25. The van der Waals surface area contributed by atoms with E-state index in [2.05, 4.69) is 6.58 Å². The second-order valence-corrected chi connectivity index (χ2v) is 5.69. The molecule has 0 bridgehead atoms. The molecule has 0 aromatic heterocycles. The normalized spacial score (nSPS) is 25.4. The van der Waals surface area contributed by atoms with Crippen molar-refractivity contribution in [3.63, 3.8) is 0 Å². The second-order valence-electron chi connectivity index (χ2n) is 5.69. The van der Waals surface area contributed by atoms with Crippen LogP contribution < -0.4 is 0 Å². The molecule has 1 saturated heterocycles. The highest BCUT2D eigenvalue weighted by molar-refractivity contribution is 5.68. The Labute approximate surface area is 126 Å². The molecule has 21 heavy (non-hydrogen) atoms. The summed E-state index contributed by atoms with van der Waals surface area (Å²) in [5.74, 6) is 0.269. The van der Waals surface area contributed by atoms with Gasteiger partial charge in [-0.05, 0) is 24.3 Å². The summed E-state index contributed by atoms with van der Waals surface area (Å²) in [4.78, 5) is 13.9. The summed E-state index contributed by atoms with van der Waals surface area (Å²) in [6, 6.07) is 9.35. The van der Waals surface area contributed by atoms with E-state index in [9.17, 15) is 9.90 Å². The van der Waals surface area contributed by atoms with E-state index >= 15 is 0 Å². The van der Waals surface area contributed by atoms with Gasteiger partial charge in [-0.25, -0.2) is 4.79 Å². The summed E-state index contributed by atoms with van der Waals surface area (Å²) in [5, 5.41) is 10.2. The van der Waals surface area contributed by atoms with E-state index < -0.39 is 6.10 Å². The van der Waals surface area contributed by atoms with E-state index in [4.69, 9.17) is 4.74 Å². The Balaban J connectivity index is 1.99. The number of ether oxygens (including phenoxy) is 1. The summed E-state index contributed by atoms with van der Waals surface area (Å²) in [7, 11) is 0. The Bertz CT molecular complexity index is 474. The molecule has 2 rings (SSSR count). The predicted octanol–water partition coefficient (Wildman–Crippen LogP) is 2.97. The van der Waals surface area contributed by atoms with Gasteiger partial charge in [-0.1, -0.05) is 43.3 Å². The second kappa shape index (κ2) is 7.27. The Kier molecular flexibility index (Phi) is 5.39. The number of nitrogens with zero attached hydrogens (tertiary/aromatic N) is 1. The van der Waals surface area contributed by atoms with Crippen molar-refractivity contribution in [1.82, 2.24) is 4.90 Å². The number of rotatable bonds is 4. The lowest BCUT2D eigenvalue weighted by Crippen LogP contribution is -2.53. The van der Waals surface area contributed by atoms with E-state index in [0.29, 0.717) is 19.4 Å². The Hall–Kier alpha value is -1.81. The largest absolute Gasteiger partial charge is 0.445 e. The maximum Gasteiger partial charge on any atom is 0.410 e. The summed E-state index contributed by atoms with van der Waals surface area (Å²) in [6.45, 7) is 6.60. The van der Waals surface area contributed by atoms with Crippen LogP contribution in [0.25, 0.3) is 0 Å². The van der Waals surface area contributed by atoms with Gasteiger partial charge in [-0.3, -0.25) is 0 Å². The zero-order valence-corrected chi connectivity index (χ0v) is 12.4. The zero-order chi connectivity index (χ0) is 15.2. The van der Waals surface area contributed by atoms with Crippen LogP contribution >= 0.6 is 0 Å². The molecule has 0 spiro atoms. The van der Waals surface area contributed by atoms with Crippen molar-refractivity contribution in [3.05, 3.63) is 48.6 Å². The molecule has 114 valence electrons. The van der Waals surface area contributed by atoms with Crippen molar-refractivity contribution in [2.75, 3.05) is 6.54 Å². The van der Waals surface area contributed by atoms with Crippen LogP contribution in [0.15, 0.2) is 43.0 Å². The molecule has 1 aromatic rings. The third-order valence-electron chi connectivity index (χ3n) is 3.84. The van der Waals surface area contributed by atoms with E-state index in [1.54, 1.807) is 11.0 Å². The van der Waals surface area contributed by atoms with Crippen molar-refractivity contribution in [3.8, 4) is 0 Å². The van der Waals surface area contributed by atoms with Gasteiger partial charge < -0.3 is 14.7 Å². The average molecular weight is 289 g/mol. The van der Waals surface area contributed by atoms with Crippen molar-refractivity contribution in [2.45, 2.75) is 38.5 Å². The fraction of sp³-hybridized carbons (Fsp3) is 0.471. The van der Waals surface area contributed by atoms with Gasteiger partial charge in [0.1, 0.15) is 6.61 Å². The molecule has 1 N–H and O–H groups in total. The minimum atomic E-state index is -0.518. The maximum absolute atomic E-state index is 12.3. The third-order valence-corrected chi connectivity index (χ3v) is 3.84. The van der Waals surface area contributed by atoms with E-state index in [-0.39, 0.29) is 24.7 Å². The van der Waals surface area contributed by atoms with Crippen LogP contribution in [0, 0.1) is 5.92 Å². The standard InChI is InChI=1S/C17H23NO3/c1-3-7-15-16(19)10-13(2)11-18(15)17(20)21-12-14-8-5-4-6-9-14/h3-6,8-9,13,15-16,19H,1,7,10-12H2,2H3/t13-,15-,16+/m0/s1. The van der Waals surface area contributed by atoms with Gasteiger partial charge in [-0.15, -0.1) is 6.58 Å². The molecule has 1 aliphatic rings. The van der Waals surface area contributed by atoms with Gasteiger partial charge in [0.15, 0.2) is 0 Å². The third kappa shape index (κ3) is 4.08. The molecule has 1 aliphatic heterocycles. The van der Waals surface area contributed by atoms with Gasteiger partial charge in [0.05, 0.1) is 12.1 Å². The topological polar surface area (TPSA) is 49.8 Å². The highest BCUT2D eigenvalue weighted by atomic mass is 16.6. The van der Waals surface area contributed by atoms with Crippen LogP contribution in [0.1, 0.15) is 25.3 Å². The van der Waals surface area contributed by atoms with E-state index in [1.807, 2.05) is 37.3 Å². The SMILES string of the molecule is C=CC[C@H]1[C@H](O)C[C@H](C)CN1C(=O)OCc1ccccc1. The number of carbonyl (C=O) groups is 1. The molecule has 1 amide bonds. The number of hydrogen-bond donors (Lipinski definition) is 1. The molecule has 0 unspecified atom stereocenters. The molecule has 1 fully saturated rings. The van der Waals surface area contributed by atoms with Gasteiger partial charge in [0.25, 0.3) is 0 Å². The van der Waals surface area contributed by atoms with Crippen molar-refractivity contribution in [2.24, 2.45) is 5.92 Å². The summed E-state index contributed by atoms with van der Waals surface area (Å²) in [5.41, 5.74) is 0.955. The molecular weight excluding hydrogens is 266 g/mol. The van der Waals surface area contributed by atoms with Crippen molar-refractivity contribution in [1.29, 1.82) is 0 Å². The first kappa shape index (κ1) is 15.6. The quantitative estimate of drug-likeness (QED) is 0.867. The van der Waals surface area contributed by atoms with Crippen LogP contribution in [0.4, 0.5) is 4.79 Å². The lowest BCUT2D eigenvalue weighted by Gasteiger charge is -2.40. The molecule has 1 aromatic carbocycles. The summed E-state index contributed by atoms with van der Waals surface area (Å²) in [6.07, 6.45) is 2.14. The summed E-state index contributed by atoms with van der Waals surface area (Å²) >= 11 is 0. The first-order chi connectivity index (χ1) is 10.1. The van der Waals surface area contributed by atoms with Gasteiger partial charge in [0.2, 0.25) is 0 Å². The molecule has 1 heterocycles. The molecular formula is C17H23NO3. The highest BCUT2D eigenvalue weighted by Gasteiger charge is 2.36. The maximum atomic E-state index is 12.3. The zero-order valence-electron chi connectivity index (χ0n) is 12.4.